The highest BCUT2D eigenvalue weighted by molar-refractivity contribution is 7.90. The number of morpholine rings is 1. The van der Waals surface area contributed by atoms with Crippen molar-refractivity contribution in [3.05, 3.63) is 29.5 Å². The number of hydrogen-bond donors (Lipinski definition) is 3. The number of nitrogens with one attached hydrogen (secondary N) is 3. The molecule has 10 heteroatoms. The molecule has 0 aromatic carbocycles. The van der Waals surface area contributed by atoms with Crippen LogP contribution < -0.4 is 10.2 Å². The molecule has 28 heavy (non-hydrogen) atoms. The molecule has 148 valence electrons. The summed E-state index contributed by atoms with van der Waals surface area (Å²) in [4.78, 5) is 6.79. The van der Waals surface area contributed by atoms with Crippen LogP contribution in [0.15, 0.2) is 18.3 Å². The minimum atomic E-state index is -3.21. The molecule has 0 spiro atoms. The monoisotopic (exact) mass is 402 g/mol. The van der Waals surface area contributed by atoms with Gasteiger partial charge in [-0.05, 0) is 13.0 Å². The van der Waals surface area contributed by atoms with Crippen molar-refractivity contribution in [3.8, 4) is 11.8 Å². The lowest BCUT2D eigenvalue weighted by Crippen LogP contribution is -2.44. The Kier molecular flexibility index (Phi) is 5.96. The van der Waals surface area contributed by atoms with Crippen LogP contribution in [0.3, 0.4) is 0 Å². The highest BCUT2D eigenvalue weighted by Crippen LogP contribution is 2.26. The van der Waals surface area contributed by atoms with Gasteiger partial charge in [0.05, 0.1) is 31.0 Å². The number of aromatic nitrogens is 3. The van der Waals surface area contributed by atoms with Gasteiger partial charge >= 0.3 is 0 Å². The van der Waals surface area contributed by atoms with Gasteiger partial charge in [-0.3, -0.25) is 5.10 Å². The first kappa shape index (κ1) is 19.9. The number of ether oxygens (including phenoxy) is 1. The van der Waals surface area contributed by atoms with E-state index in [9.17, 15) is 8.42 Å². The van der Waals surface area contributed by atoms with Crippen LogP contribution in [-0.2, 0) is 14.6 Å². The molecule has 3 rings (SSSR count). The van der Waals surface area contributed by atoms with Crippen molar-refractivity contribution in [2.24, 2.45) is 0 Å². The fourth-order valence-corrected chi connectivity index (χ4v) is 3.15. The van der Waals surface area contributed by atoms with Gasteiger partial charge in [0, 0.05) is 30.6 Å². The first-order valence-electron chi connectivity index (χ1n) is 8.70. The molecule has 2 aromatic rings. The fraction of sp³-hybridized carbons (Fsp3) is 0.389. The van der Waals surface area contributed by atoms with Crippen LogP contribution in [-0.4, -0.2) is 67.6 Å². The second-order valence-corrected chi connectivity index (χ2v) is 8.66. The Balaban J connectivity index is 2.07. The molecule has 3 N–H and O–H groups in total. The smallest absolute Gasteiger partial charge is 0.158 e. The summed E-state index contributed by atoms with van der Waals surface area (Å²) < 4.78 is 28.3. The number of rotatable bonds is 5. The third kappa shape index (κ3) is 4.88. The molecule has 0 unspecified atom stereocenters. The van der Waals surface area contributed by atoms with Crippen molar-refractivity contribution in [1.29, 1.82) is 5.41 Å². The van der Waals surface area contributed by atoms with Gasteiger partial charge in [-0.2, -0.15) is 5.10 Å². The van der Waals surface area contributed by atoms with Gasteiger partial charge in [-0.15, -0.1) is 0 Å². The first-order chi connectivity index (χ1) is 13.4. The normalized spacial score (nSPS) is 16.9. The molecule has 0 saturated carbocycles. The zero-order valence-corrected chi connectivity index (χ0v) is 16.5. The van der Waals surface area contributed by atoms with E-state index < -0.39 is 9.84 Å². The standard InChI is InChI=1S/C18H22N6O3S/c1-13-12-27-8-7-24(13)17-10-14(4-3-9-28(2,25)26)15(11-19)18(22-17)21-16-5-6-20-23-16/h5-6,10-11,13,19H,7-9,12H2,1-2H3,(H2,20,21,22,23)/t13-/m1/s1. The largest absolute Gasteiger partial charge is 0.377 e. The molecule has 1 aliphatic heterocycles. The highest BCUT2D eigenvalue weighted by atomic mass is 32.2. The number of anilines is 3. The Morgan fingerprint density at radius 1 is 1.54 bits per heavy atom. The molecule has 3 heterocycles. The molecule has 0 radical (unpaired) electrons. The molecule has 1 aliphatic rings. The number of aromatic amines is 1. The van der Waals surface area contributed by atoms with Crippen LogP contribution >= 0.6 is 0 Å². The quantitative estimate of drug-likeness (QED) is 0.506. The minimum Gasteiger partial charge on any atom is -0.377 e. The van der Waals surface area contributed by atoms with Crippen LogP contribution in [0.5, 0.6) is 0 Å². The van der Waals surface area contributed by atoms with Crippen LogP contribution in [0.1, 0.15) is 18.1 Å². The van der Waals surface area contributed by atoms with E-state index >= 15 is 0 Å². The zero-order chi connectivity index (χ0) is 20.1. The van der Waals surface area contributed by atoms with Gasteiger partial charge in [-0.1, -0.05) is 11.8 Å². The Labute approximate surface area is 163 Å². The summed E-state index contributed by atoms with van der Waals surface area (Å²) in [6.07, 6.45) is 3.90. The Bertz CT molecular complexity index is 1010. The predicted molar refractivity (Wildman–Crippen MR) is 108 cm³/mol. The van der Waals surface area contributed by atoms with E-state index in [-0.39, 0.29) is 11.8 Å². The van der Waals surface area contributed by atoms with E-state index in [1.165, 1.54) is 0 Å². The maximum atomic E-state index is 11.4. The molecule has 0 aliphatic carbocycles. The van der Waals surface area contributed by atoms with Crippen molar-refractivity contribution in [3.63, 3.8) is 0 Å². The van der Waals surface area contributed by atoms with Crippen LogP contribution in [0, 0.1) is 17.3 Å². The second-order valence-electron chi connectivity index (χ2n) is 6.52. The molecule has 0 amide bonds. The first-order valence-corrected chi connectivity index (χ1v) is 10.8. The van der Waals surface area contributed by atoms with Crippen molar-refractivity contribution in [2.45, 2.75) is 13.0 Å². The predicted octanol–water partition coefficient (Wildman–Crippen LogP) is 1.17. The van der Waals surface area contributed by atoms with Crippen LogP contribution in [0.4, 0.5) is 17.5 Å². The van der Waals surface area contributed by atoms with E-state index in [1.54, 1.807) is 18.3 Å². The minimum absolute atomic E-state index is 0.129. The number of nitrogens with zero attached hydrogens (tertiary/aromatic N) is 3. The van der Waals surface area contributed by atoms with Gasteiger partial charge in [0.2, 0.25) is 0 Å². The lowest BCUT2D eigenvalue weighted by molar-refractivity contribution is 0.0985. The molecule has 1 fully saturated rings. The number of H-pyrrole nitrogens is 1. The van der Waals surface area contributed by atoms with E-state index in [2.05, 4.69) is 37.2 Å². The summed E-state index contributed by atoms with van der Waals surface area (Å²) in [5.41, 5.74) is 1.00. The summed E-state index contributed by atoms with van der Waals surface area (Å²) in [6, 6.07) is 3.66. The van der Waals surface area contributed by atoms with Crippen molar-refractivity contribution in [2.75, 3.05) is 42.0 Å². The third-order valence-corrected chi connectivity index (χ3v) is 4.83. The van der Waals surface area contributed by atoms with Crippen LogP contribution in [0.25, 0.3) is 0 Å². The highest BCUT2D eigenvalue weighted by Gasteiger charge is 2.22. The van der Waals surface area contributed by atoms with Gasteiger partial charge in [-0.25, -0.2) is 13.4 Å². The van der Waals surface area contributed by atoms with E-state index in [1.807, 2.05) is 6.92 Å². The van der Waals surface area contributed by atoms with Gasteiger partial charge in [0.25, 0.3) is 0 Å². The second kappa shape index (κ2) is 8.41. The Morgan fingerprint density at radius 3 is 3.00 bits per heavy atom. The third-order valence-electron chi connectivity index (χ3n) is 4.16. The summed E-state index contributed by atoms with van der Waals surface area (Å²) in [5.74, 6) is 7.08. The Morgan fingerprint density at radius 2 is 2.36 bits per heavy atom. The van der Waals surface area contributed by atoms with E-state index in [0.717, 1.165) is 12.5 Å². The maximum Gasteiger partial charge on any atom is 0.158 e. The summed E-state index contributed by atoms with van der Waals surface area (Å²) >= 11 is 0. The molecular formula is C18H22N6O3S. The van der Waals surface area contributed by atoms with Gasteiger partial charge < -0.3 is 20.4 Å². The average molecular weight is 402 g/mol. The summed E-state index contributed by atoms with van der Waals surface area (Å²) in [5, 5.41) is 17.6. The van der Waals surface area contributed by atoms with Crippen molar-refractivity contribution in [1.82, 2.24) is 15.2 Å². The summed E-state index contributed by atoms with van der Waals surface area (Å²) in [7, 11) is -3.21. The number of hydrogen-bond acceptors (Lipinski definition) is 8. The van der Waals surface area contributed by atoms with Crippen molar-refractivity contribution >= 4 is 33.5 Å². The van der Waals surface area contributed by atoms with E-state index in [0.29, 0.717) is 48.3 Å². The summed E-state index contributed by atoms with van der Waals surface area (Å²) in [6.45, 7) is 3.91. The number of sulfone groups is 1. The average Bonchev–Trinajstić information content (AvgIpc) is 3.14. The molecule has 2 aromatic heterocycles. The fourth-order valence-electron chi connectivity index (χ4n) is 2.82. The molecule has 1 saturated heterocycles. The number of pyridine rings is 1. The SMILES string of the molecule is C[C@@H]1COCCN1c1cc(C#CCS(C)(=O)=O)c(C=N)c(Nc2ccn[nH]2)n1. The molecular weight excluding hydrogens is 380 g/mol. The van der Waals surface area contributed by atoms with Crippen molar-refractivity contribution < 1.29 is 13.2 Å². The maximum absolute atomic E-state index is 11.4. The van der Waals surface area contributed by atoms with Gasteiger partial charge in [0.15, 0.2) is 9.84 Å². The van der Waals surface area contributed by atoms with Gasteiger partial charge in [0.1, 0.15) is 23.2 Å². The van der Waals surface area contributed by atoms with E-state index in [4.69, 9.17) is 10.1 Å². The lowest BCUT2D eigenvalue weighted by Gasteiger charge is -2.34. The van der Waals surface area contributed by atoms with Crippen LogP contribution in [0.2, 0.25) is 0 Å². The zero-order valence-electron chi connectivity index (χ0n) is 15.7. The topological polar surface area (TPSA) is 124 Å². The Hall–Kier alpha value is -2.90. The lowest BCUT2D eigenvalue weighted by atomic mass is 10.1. The molecule has 9 nitrogen and oxygen atoms in total. The molecule has 0 bridgehead atoms. The molecule has 1 atom stereocenters.